The van der Waals surface area contributed by atoms with Crippen LogP contribution in [0.3, 0.4) is 0 Å². The van der Waals surface area contributed by atoms with E-state index in [0.29, 0.717) is 12.8 Å². The van der Waals surface area contributed by atoms with Crippen molar-refractivity contribution in [3.05, 3.63) is 0 Å². The lowest BCUT2D eigenvalue weighted by Gasteiger charge is -2.36. The highest BCUT2D eigenvalue weighted by atomic mass is 16.4. The van der Waals surface area contributed by atoms with E-state index in [-0.39, 0.29) is 0 Å². The summed E-state index contributed by atoms with van der Waals surface area (Å²) in [4.78, 5) is 38.3. The van der Waals surface area contributed by atoms with Gasteiger partial charge in [-0.25, -0.2) is 14.5 Å². The lowest BCUT2D eigenvalue weighted by atomic mass is 9.87. The molecule has 3 amide bonds. The fourth-order valence-corrected chi connectivity index (χ4v) is 2.69. The topological polar surface area (TPSA) is 90.0 Å². The Bertz CT molecular complexity index is 415. The van der Waals surface area contributed by atoms with Gasteiger partial charge in [0.25, 0.3) is 5.91 Å². The van der Waals surface area contributed by atoms with Crippen molar-refractivity contribution >= 4 is 17.9 Å². The minimum atomic E-state index is -1.17. The van der Waals surface area contributed by atoms with Gasteiger partial charge >= 0.3 is 12.0 Å². The van der Waals surface area contributed by atoms with Crippen LogP contribution in [-0.4, -0.2) is 64.0 Å². The standard InChI is InChI=1S/C12H19N3O4/c1-3-14-6-4-12(5-7-14)10(18)15(11(19)13-12)8(2)9(16)17/h8H,3-7H2,1-2H3,(H,13,19)(H,16,17). The lowest BCUT2D eigenvalue weighted by Crippen LogP contribution is -2.55. The van der Waals surface area contributed by atoms with Crippen molar-refractivity contribution in [2.75, 3.05) is 19.6 Å². The van der Waals surface area contributed by atoms with Gasteiger partial charge in [0.1, 0.15) is 11.6 Å². The van der Waals surface area contributed by atoms with Gasteiger partial charge in [0.15, 0.2) is 0 Å². The highest BCUT2D eigenvalue weighted by Crippen LogP contribution is 2.30. The molecule has 7 heteroatoms. The first-order valence-electron chi connectivity index (χ1n) is 6.52. The van der Waals surface area contributed by atoms with E-state index in [1.165, 1.54) is 6.92 Å². The first-order valence-corrected chi connectivity index (χ1v) is 6.52. The monoisotopic (exact) mass is 269 g/mol. The highest BCUT2D eigenvalue weighted by molar-refractivity contribution is 6.09. The minimum Gasteiger partial charge on any atom is -0.480 e. The van der Waals surface area contributed by atoms with Crippen LogP contribution in [0.4, 0.5) is 4.79 Å². The summed E-state index contributed by atoms with van der Waals surface area (Å²) in [5.41, 5.74) is -0.896. The number of aliphatic carboxylic acids is 1. The molecule has 2 N–H and O–H groups in total. The molecule has 19 heavy (non-hydrogen) atoms. The molecule has 0 bridgehead atoms. The maximum Gasteiger partial charge on any atom is 0.326 e. The zero-order valence-electron chi connectivity index (χ0n) is 11.2. The Balaban J connectivity index is 2.16. The second-order valence-electron chi connectivity index (χ2n) is 5.14. The fourth-order valence-electron chi connectivity index (χ4n) is 2.69. The van der Waals surface area contributed by atoms with Crippen molar-refractivity contribution < 1.29 is 19.5 Å². The Kier molecular flexibility index (Phi) is 3.49. The third kappa shape index (κ3) is 2.18. The summed E-state index contributed by atoms with van der Waals surface area (Å²) in [6.45, 7) is 5.77. The van der Waals surface area contributed by atoms with E-state index in [1.54, 1.807) is 0 Å². The van der Waals surface area contributed by atoms with Crippen LogP contribution in [0, 0.1) is 0 Å². The van der Waals surface area contributed by atoms with Gasteiger partial charge in [-0.3, -0.25) is 4.79 Å². The maximum atomic E-state index is 12.4. The number of piperidine rings is 1. The number of carbonyl (C=O) groups is 3. The zero-order valence-corrected chi connectivity index (χ0v) is 11.2. The summed E-state index contributed by atoms with van der Waals surface area (Å²) in [6.07, 6.45) is 1.07. The molecule has 7 nitrogen and oxygen atoms in total. The molecule has 2 aliphatic rings. The Labute approximate surface area is 111 Å². The average Bonchev–Trinajstić information content (AvgIpc) is 2.61. The summed E-state index contributed by atoms with van der Waals surface area (Å²) in [6, 6.07) is -1.72. The molecule has 2 fully saturated rings. The first kappa shape index (κ1) is 13.8. The van der Waals surface area contributed by atoms with Gasteiger partial charge in [0, 0.05) is 13.1 Å². The van der Waals surface area contributed by atoms with E-state index in [9.17, 15) is 14.4 Å². The minimum absolute atomic E-state index is 0.400. The van der Waals surface area contributed by atoms with Crippen LogP contribution in [0.25, 0.3) is 0 Å². The summed E-state index contributed by atoms with van der Waals surface area (Å²) in [5, 5.41) is 11.7. The number of nitrogens with one attached hydrogen (secondary N) is 1. The number of carboxylic acids is 1. The highest BCUT2D eigenvalue weighted by Gasteiger charge is 2.54. The molecule has 0 aromatic rings. The van der Waals surface area contributed by atoms with Gasteiger partial charge in [-0.1, -0.05) is 6.92 Å². The number of nitrogens with zero attached hydrogens (tertiary/aromatic N) is 2. The maximum absolute atomic E-state index is 12.4. The summed E-state index contributed by atoms with van der Waals surface area (Å²) < 4.78 is 0. The lowest BCUT2D eigenvalue weighted by molar-refractivity contribution is -0.147. The molecule has 106 valence electrons. The third-order valence-electron chi connectivity index (χ3n) is 4.09. The van der Waals surface area contributed by atoms with Crippen LogP contribution in [0.5, 0.6) is 0 Å². The Morgan fingerprint density at radius 3 is 2.47 bits per heavy atom. The van der Waals surface area contributed by atoms with Crippen molar-refractivity contribution in [3.63, 3.8) is 0 Å². The largest absolute Gasteiger partial charge is 0.480 e. The molecule has 0 aliphatic carbocycles. The van der Waals surface area contributed by atoms with Crippen molar-refractivity contribution in [3.8, 4) is 0 Å². The molecular formula is C12H19N3O4. The van der Waals surface area contributed by atoms with Crippen molar-refractivity contribution in [1.29, 1.82) is 0 Å². The molecule has 0 saturated carbocycles. The molecule has 2 rings (SSSR count). The molecule has 1 spiro atoms. The molecule has 0 radical (unpaired) electrons. The third-order valence-corrected chi connectivity index (χ3v) is 4.09. The predicted molar refractivity (Wildman–Crippen MR) is 66.6 cm³/mol. The molecule has 2 saturated heterocycles. The van der Waals surface area contributed by atoms with Crippen molar-refractivity contribution in [2.45, 2.75) is 38.3 Å². The molecular weight excluding hydrogens is 250 g/mol. The van der Waals surface area contributed by atoms with E-state index < -0.39 is 29.5 Å². The number of rotatable bonds is 3. The quantitative estimate of drug-likeness (QED) is 0.696. The molecule has 2 heterocycles. The van der Waals surface area contributed by atoms with Crippen LogP contribution in [0.1, 0.15) is 26.7 Å². The number of urea groups is 1. The molecule has 0 aromatic carbocycles. The first-order chi connectivity index (χ1) is 8.91. The summed E-state index contributed by atoms with van der Waals surface area (Å²) >= 11 is 0. The number of carboxylic acid groups (broad SMARTS) is 1. The number of hydrogen-bond acceptors (Lipinski definition) is 4. The Morgan fingerprint density at radius 1 is 1.42 bits per heavy atom. The molecule has 1 atom stereocenters. The van der Waals surface area contributed by atoms with E-state index in [1.807, 2.05) is 6.92 Å². The van der Waals surface area contributed by atoms with Gasteiger partial charge in [0.2, 0.25) is 0 Å². The fraction of sp³-hybridized carbons (Fsp3) is 0.750. The smallest absolute Gasteiger partial charge is 0.326 e. The van der Waals surface area contributed by atoms with E-state index in [2.05, 4.69) is 10.2 Å². The van der Waals surface area contributed by atoms with E-state index in [4.69, 9.17) is 5.11 Å². The molecule has 1 unspecified atom stereocenters. The van der Waals surface area contributed by atoms with Crippen molar-refractivity contribution in [1.82, 2.24) is 15.1 Å². The van der Waals surface area contributed by atoms with Gasteiger partial charge in [-0.2, -0.15) is 0 Å². The second-order valence-corrected chi connectivity index (χ2v) is 5.14. The number of likely N-dealkylation sites (tertiary alicyclic amines) is 1. The number of amides is 3. The van der Waals surface area contributed by atoms with Crippen LogP contribution in [0.15, 0.2) is 0 Å². The Morgan fingerprint density at radius 2 is 2.00 bits per heavy atom. The van der Waals surface area contributed by atoms with Crippen LogP contribution in [0.2, 0.25) is 0 Å². The van der Waals surface area contributed by atoms with Crippen LogP contribution >= 0.6 is 0 Å². The zero-order chi connectivity index (χ0) is 14.2. The van der Waals surface area contributed by atoms with Gasteiger partial charge in [-0.05, 0) is 26.3 Å². The second kappa shape index (κ2) is 4.80. The van der Waals surface area contributed by atoms with E-state index in [0.717, 1.165) is 24.5 Å². The number of hydrogen-bond donors (Lipinski definition) is 2. The SMILES string of the molecule is CCN1CCC2(CC1)NC(=O)N(C(C)C(=O)O)C2=O. The summed E-state index contributed by atoms with van der Waals surface area (Å²) in [5.74, 6) is -1.57. The van der Waals surface area contributed by atoms with Crippen molar-refractivity contribution in [2.24, 2.45) is 0 Å². The van der Waals surface area contributed by atoms with Crippen LogP contribution < -0.4 is 5.32 Å². The van der Waals surface area contributed by atoms with Gasteiger partial charge in [-0.15, -0.1) is 0 Å². The predicted octanol–water partition coefficient (Wildman–Crippen LogP) is -0.134. The van der Waals surface area contributed by atoms with Gasteiger partial charge in [0.05, 0.1) is 0 Å². The number of imide groups is 1. The summed E-state index contributed by atoms with van der Waals surface area (Å²) in [7, 11) is 0. The average molecular weight is 269 g/mol. The van der Waals surface area contributed by atoms with Gasteiger partial charge < -0.3 is 15.3 Å². The molecule has 0 aromatic heterocycles. The normalized spacial score (nSPS) is 24.6. The van der Waals surface area contributed by atoms with Crippen LogP contribution in [-0.2, 0) is 9.59 Å². The Hall–Kier alpha value is -1.63. The van der Waals surface area contributed by atoms with E-state index >= 15 is 0 Å². The molecule has 2 aliphatic heterocycles. The number of carbonyl (C=O) groups excluding carboxylic acids is 2.